The van der Waals surface area contributed by atoms with Gasteiger partial charge in [0, 0.05) is 37.7 Å². The number of aryl methyl sites for hydroxylation is 1. The Morgan fingerprint density at radius 2 is 2.16 bits per heavy atom. The second-order valence-electron chi connectivity index (χ2n) is 4.35. The minimum atomic E-state index is 0.641. The van der Waals surface area contributed by atoms with Gasteiger partial charge in [-0.1, -0.05) is 13.0 Å². The molecule has 102 valence electrons. The zero-order valence-corrected chi connectivity index (χ0v) is 11.5. The number of ether oxygens (including phenoxy) is 1. The molecule has 0 bridgehead atoms. The number of methoxy groups -OCH3 is 1. The van der Waals surface area contributed by atoms with Crippen molar-refractivity contribution >= 4 is 0 Å². The highest BCUT2D eigenvalue weighted by Gasteiger charge is 2.01. The van der Waals surface area contributed by atoms with Crippen LogP contribution in [0.4, 0.5) is 0 Å². The van der Waals surface area contributed by atoms with Crippen LogP contribution in [-0.2, 0) is 19.6 Å². The van der Waals surface area contributed by atoms with Crippen LogP contribution in [0.25, 0.3) is 0 Å². The van der Waals surface area contributed by atoms with Crippen molar-refractivity contribution in [3.8, 4) is 5.88 Å². The zero-order chi connectivity index (χ0) is 13.5. The van der Waals surface area contributed by atoms with Gasteiger partial charge in [-0.15, -0.1) is 0 Å². The third-order valence-electron chi connectivity index (χ3n) is 2.89. The molecular formula is C14H20N4O. The molecule has 0 aliphatic rings. The SMILES string of the molecule is CCCn1ccnc1CNCc1ccc(OC)nc1. The maximum Gasteiger partial charge on any atom is 0.212 e. The van der Waals surface area contributed by atoms with Gasteiger partial charge in [0.05, 0.1) is 13.7 Å². The Balaban J connectivity index is 1.83. The Morgan fingerprint density at radius 3 is 2.84 bits per heavy atom. The Kier molecular flexibility index (Phi) is 4.92. The minimum absolute atomic E-state index is 0.641. The average Bonchev–Trinajstić information content (AvgIpc) is 2.88. The van der Waals surface area contributed by atoms with E-state index in [-0.39, 0.29) is 0 Å². The van der Waals surface area contributed by atoms with E-state index in [1.165, 1.54) is 0 Å². The van der Waals surface area contributed by atoms with Crippen LogP contribution in [0.5, 0.6) is 5.88 Å². The maximum atomic E-state index is 5.03. The van der Waals surface area contributed by atoms with Gasteiger partial charge in [-0.05, 0) is 12.0 Å². The Hall–Kier alpha value is -1.88. The fourth-order valence-corrected chi connectivity index (χ4v) is 1.91. The predicted octanol–water partition coefficient (Wildman–Crippen LogP) is 1.99. The van der Waals surface area contributed by atoms with Gasteiger partial charge in [-0.25, -0.2) is 9.97 Å². The van der Waals surface area contributed by atoms with Crippen molar-refractivity contribution in [2.24, 2.45) is 0 Å². The van der Waals surface area contributed by atoms with Crippen LogP contribution in [0.1, 0.15) is 24.7 Å². The van der Waals surface area contributed by atoms with Crippen LogP contribution in [0.2, 0.25) is 0 Å². The van der Waals surface area contributed by atoms with Gasteiger partial charge in [0.2, 0.25) is 5.88 Å². The monoisotopic (exact) mass is 260 g/mol. The minimum Gasteiger partial charge on any atom is -0.481 e. The summed E-state index contributed by atoms with van der Waals surface area (Å²) < 4.78 is 7.21. The zero-order valence-electron chi connectivity index (χ0n) is 11.5. The van der Waals surface area contributed by atoms with Crippen molar-refractivity contribution in [2.75, 3.05) is 7.11 Å². The highest BCUT2D eigenvalue weighted by atomic mass is 16.5. The highest BCUT2D eigenvalue weighted by Crippen LogP contribution is 2.06. The quantitative estimate of drug-likeness (QED) is 0.827. The Morgan fingerprint density at radius 1 is 1.26 bits per heavy atom. The molecule has 2 rings (SSSR count). The summed E-state index contributed by atoms with van der Waals surface area (Å²) in [6.45, 7) is 4.72. The fraction of sp³-hybridized carbons (Fsp3) is 0.429. The second kappa shape index (κ2) is 6.89. The van der Waals surface area contributed by atoms with Gasteiger partial charge in [0.25, 0.3) is 0 Å². The van der Waals surface area contributed by atoms with Crippen molar-refractivity contribution in [1.29, 1.82) is 0 Å². The van der Waals surface area contributed by atoms with Crippen molar-refractivity contribution in [1.82, 2.24) is 19.9 Å². The lowest BCUT2D eigenvalue weighted by Gasteiger charge is -2.08. The summed E-state index contributed by atoms with van der Waals surface area (Å²) >= 11 is 0. The van der Waals surface area contributed by atoms with E-state index in [2.05, 4.69) is 26.8 Å². The van der Waals surface area contributed by atoms with Crippen molar-refractivity contribution in [3.63, 3.8) is 0 Å². The van der Waals surface area contributed by atoms with E-state index in [1.54, 1.807) is 7.11 Å². The van der Waals surface area contributed by atoms with E-state index in [9.17, 15) is 0 Å². The first-order chi connectivity index (χ1) is 9.33. The van der Waals surface area contributed by atoms with Crippen molar-refractivity contribution in [3.05, 3.63) is 42.1 Å². The summed E-state index contributed by atoms with van der Waals surface area (Å²) in [5.41, 5.74) is 1.13. The number of rotatable bonds is 7. The van der Waals surface area contributed by atoms with Gasteiger partial charge < -0.3 is 14.6 Å². The highest BCUT2D eigenvalue weighted by molar-refractivity contribution is 5.17. The average molecular weight is 260 g/mol. The lowest BCUT2D eigenvalue weighted by atomic mass is 10.3. The maximum absolute atomic E-state index is 5.03. The summed E-state index contributed by atoms with van der Waals surface area (Å²) in [6.07, 6.45) is 6.81. The molecule has 19 heavy (non-hydrogen) atoms. The van der Waals surface area contributed by atoms with E-state index >= 15 is 0 Å². The van der Waals surface area contributed by atoms with E-state index in [0.717, 1.165) is 37.4 Å². The van der Waals surface area contributed by atoms with Gasteiger partial charge in [-0.3, -0.25) is 0 Å². The molecule has 2 aromatic heterocycles. The van der Waals surface area contributed by atoms with Crippen LogP contribution in [0.3, 0.4) is 0 Å². The van der Waals surface area contributed by atoms with E-state index in [1.807, 2.05) is 30.7 Å². The molecule has 0 atom stereocenters. The van der Waals surface area contributed by atoms with Gasteiger partial charge in [-0.2, -0.15) is 0 Å². The third kappa shape index (κ3) is 3.79. The molecule has 0 aliphatic heterocycles. The molecule has 0 saturated carbocycles. The van der Waals surface area contributed by atoms with Gasteiger partial charge in [0.1, 0.15) is 5.82 Å². The number of nitrogens with one attached hydrogen (secondary N) is 1. The molecule has 0 unspecified atom stereocenters. The molecule has 0 aromatic carbocycles. The van der Waals surface area contributed by atoms with Crippen molar-refractivity contribution in [2.45, 2.75) is 33.0 Å². The first-order valence-corrected chi connectivity index (χ1v) is 6.53. The lowest BCUT2D eigenvalue weighted by Crippen LogP contribution is -2.16. The number of pyridine rings is 1. The van der Waals surface area contributed by atoms with Crippen LogP contribution in [0.15, 0.2) is 30.7 Å². The summed E-state index contributed by atoms with van der Waals surface area (Å²) in [7, 11) is 1.62. The van der Waals surface area contributed by atoms with Gasteiger partial charge in [0.15, 0.2) is 0 Å². The molecule has 2 aromatic rings. The smallest absolute Gasteiger partial charge is 0.212 e. The molecule has 5 heteroatoms. The van der Waals surface area contributed by atoms with Crippen LogP contribution < -0.4 is 10.1 Å². The molecule has 0 saturated heterocycles. The second-order valence-corrected chi connectivity index (χ2v) is 4.35. The lowest BCUT2D eigenvalue weighted by molar-refractivity contribution is 0.397. The molecule has 2 heterocycles. The number of nitrogens with zero attached hydrogens (tertiary/aromatic N) is 3. The van der Waals surface area contributed by atoms with Gasteiger partial charge >= 0.3 is 0 Å². The van der Waals surface area contributed by atoms with Crippen LogP contribution in [-0.4, -0.2) is 21.6 Å². The normalized spacial score (nSPS) is 10.6. The molecular weight excluding hydrogens is 240 g/mol. The molecule has 1 N–H and O–H groups in total. The number of imidazole rings is 1. The predicted molar refractivity (Wildman–Crippen MR) is 73.9 cm³/mol. The summed E-state index contributed by atoms with van der Waals surface area (Å²) in [5.74, 6) is 1.71. The van der Waals surface area contributed by atoms with Crippen LogP contribution in [0, 0.1) is 0 Å². The van der Waals surface area contributed by atoms with E-state index < -0.39 is 0 Å². The Bertz CT molecular complexity index is 492. The number of aromatic nitrogens is 3. The molecule has 0 spiro atoms. The summed E-state index contributed by atoms with van der Waals surface area (Å²) in [6, 6.07) is 3.88. The van der Waals surface area contributed by atoms with E-state index in [4.69, 9.17) is 4.74 Å². The fourth-order valence-electron chi connectivity index (χ4n) is 1.91. The van der Waals surface area contributed by atoms with Crippen LogP contribution >= 0.6 is 0 Å². The first kappa shape index (κ1) is 13.5. The topological polar surface area (TPSA) is 52.0 Å². The molecule has 0 fully saturated rings. The molecule has 5 nitrogen and oxygen atoms in total. The summed E-state index contributed by atoms with van der Waals surface area (Å²) in [4.78, 5) is 8.53. The standard InChI is InChI=1S/C14H20N4O/c1-3-7-18-8-6-16-13(18)11-15-9-12-4-5-14(19-2)17-10-12/h4-6,8,10,15H,3,7,9,11H2,1-2H3. The molecule has 0 radical (unpaired) electrons. The third-order valence-corrected chi connectivity index (χ3v) is 2.89. The van der Waals surface area contributed by atoms with E-state index in [0.29, 0.717) is 5.88 Å². The number of hydrogen-bond donors (Lipinski definition) is 1. The Labute approximate surface area is 113 Å². The first-order valence-electron chi connectivity index (χ1n) is 6.53. The molecule has 0 amide bonds. The van der Waals surface area contributed by atoms with Crippen molar-refractivity contribution < 1.29 is 4.74 Å². The number of hydrogen-bond acceptors (Lipinski definition) is 4. The molecule has 0 aliphatic carbocycles. The largest absolute Gasteiger partial charge is 0.481 e. The summed E-state index contributed by atoms with van der Waals surface area (Å²) in [5, 5.41) is 3.38.